The summed E-state index contributed by atoms with van der Waals surface area (Å²) in [5, 5.41) is 3.06. The van der Waals surface area contributed by atoms with E-state index in [9.17, 15) is 4.79 Å². The smallest absolute Gasteiger partial charge is 0.241 e. The van der Waals surface area contributed by atoms with E-state index in [1.165, 1.54) is 6.42 Å². The molecule has 5 nitrogen and oxygen atoms in total. The van der Waals surface area contributed by atoms with E-state index >= 15 is 0 Å². The Morgan fingerprint density at radius 2 is 2.15 bits per heavy atom. The number of nitrogens with one attached hydrogen (secondary N) is 1. The van der Waals surface area contributed by atoms with Crippen molar-refractivity contribution in [3.8, 4) is 0 Å². The molecule has 0 saturated carbocycles. The number of aryl methyl sites for hydroxylation is 1. The van der Waals surface area contributed by atoms with Crippen LogP contribution in [0.1, 0.15) is 30.4 Å². The van der Waals surface area contributed by atoms with Gasteiger partial charge in [0.15, 0.2) is 0 Å². The molecule has 20 heavy (non-hydrogen) atoms. The van der Waals surface area contributed by atoms with Crippen molar-refractivity contribution in [2.75, 3.05) is 25.0 Å². The van der Waals surface area contributed by atoms with Crippen LogP contribution in [0.25, 0.3) is 0 Å². The van der Waals surface area contributed by atoms with Crippen molar-refractivity contribution in [2.45, 2.75) is 26.2 Å². The summed E-state index contributed by atoms with van der Waals surface area (Å²) in [4.78, 5) is 18.5. The van der Waals surface area contributed by atoms with Crippen LogP contribution < -0.4 is 11.1 Å². The number of hydrogen-bond donors (Lipinski definition) is 2. The molecule has 0 aromatic carbocycles. The van der Waals surface area contributed by atoms with E-state index in [0.29, 0.717) is 16.4 Å². The molecule has 0 spiro atoms. The number of carbonyl (C=O) groups is 1. The van der Waals surface area contributed by atoms with Crippen molar-refractivity contribution in [3.63, 3.8) is 0 Å². The Morgan fingerprint density at radius 1 is 1.45 bits per heavy atom. The van der Waals surface area contributed by atoms with E-state index < -0.39 is 0 Å². The summed E-state index contributed by atoms with van der Waals surface area (Å²) in [5.74, 6) is 0.685. The van der Waals surface area contributed by atoms with E-state index in [1.807, 2.05) is 17.9 Å². The summed E-state index contributed by atoms with van der Waals surface area (Å²) in [7, 11) is 0. The number of thiocarbonyl (C=S) groups is 1. The fourth-order valence-corrected chi connectivity index (χ4v) is 2.68. The summed E-state index contributed by atoms with van der Waals surface area (Å²) in [6.07, 6.45) is 5.08. The molecule has 108 valence electrons. The molecule has 1 aromatic rings. The largest absolute Gasteiger partial charge is 0.389 e. The van der Waals surface area contributed by atoms with Crippen LogP contribution in [0, 0.1) is 6.92 Å². The van der Waals surface area contributed by atoms with Gasteiger partial charge in [-0.3, -0.25) is 4.79 Å². The fourth-order valence-electron chi connectivity index (χ4n) is 2.42. The standard InChI is InChI=1S/C14H20N4OS/c1-10-5-6-16-14(12(10)13(15)20)17-9-11(19)18-7-3-2-4-8-18/h5-6H,2-4,7-9H2,1H3,(H2,15,20)(H,16,17). The minimum absolute atomic E-state index is 0.0990. The minimum Gasteiger partial charge on any atom is -0.389 e. The van der Waals surface area contributed by atoms with Crippen molar-refractivity contribution in [1.82, 2.24) is 9.88 Å². The third-order valence-corrected chi connectivity index (χ3v) is 3.73. The van der Waals surface area contributed by atoms with Crippen molar-refractivity contribution >= 4 is 28.9 Å². The molecule has 1 fully saturated rings. The number of likely N-dealkylation sites (tertiary alicyclic amines) is 1. The Morgan fingerprint density at radius 3 is 2.80 bits per heavy atom. The first-order chi connectivity index (χ1) is 9.59. The normalized spacial score (nSPS) is 14.9. The molecule has 0 radical (unpaired) electrons. The van der Waals surface area contributed by atoms with Gasteiger partial charge in [-0.2, -0.15) is 0 Å². The molecule has 0 atom stereocenters. The van der Waals surface area contributed by atoms with Crippen LogP contribution >= 0.6 is 12.2 Å². The maximum atomic E-state index is 12.1. The minimum atomic E-state index is 0.0990. The number of nitrogens with two attached hydrogens (primary N) is 1. The lowest BCUT2D eigenvalue weighted by Crippen LogP contribution is -2.39. The number of amides is 1. The van der Waals surface area contributed by atoms with E-state index in [0.717, 1.165) is 31.5 Å². The highest BCUT2D eigenvalue weighted by Gasteiger charge is 2.17. The van der Waals surface area contributed by atoms with E-state index in [4.69, 9.17) is 18.0 Å². The van der Waals surface area contributed by atoms with Crippen LogP contribution in [-0.4, -0.2) is 40.4 Å². The molecule has 1 amide bonds. The van der Waals surface area contributed by atoms with Crippen LogP contribution in [0.4, 0.5) is 5.82 Å². The molecule has 1 aliphatic rings. The maximum Gasteiger partial charge on any atom is 0.241 e. The Hall–Kier alpha value is -1.69. The quantitative estimate of drug-likeness (QED) is 0.822. The van der Waals surface area contributed by atoms with Crippen LogP contribution in [0.3, 0.4) is 0 Å². The average molecular weight is 292 g/mol. The fraction of sp³-hybridized carbons (Fsp3) is 0.500. The zero-order valence-electron chi connectivity index (χ0n) is 11.7. The van der Waals surface area contributed by atoms with Gasteiger partial charge >= 0.3 is 0 Å². The lowest BCUT2D eigenvalue weighted by molar-refractivity contribution is -0.130. The van der Waals surface area contributed by atoms with E-state index in [2.05, 4.69) is 10.3 Å². The van der Waals surface area contributed by atoms with Gasteiger partial charge in [0.1, 0.15) is 10.8 Å². The number of piperidine rings is 1. The predicted molar refractivity (Wildman–Crippen MR) is 83.8 cm³/mol. The Balaban J connectivity index is 2.02. The van der Waals surface area contributed by atoms with Gasteiger partial charge in [-0.15, -0.1) is 0 Å². The first-order valence-electron chi connectivity index (χ1n) is 6.86. The summed E-state index contributed by atoms with van der Waals surface area (Å²) in [5.41, 5.74) is 7.40. The molecule has 0 aliphatic carbocycles. The van der Waals surface area contributed by atoms with Crippen molar-refractivity contribution < 1.29 is 4.79 Å². The van der Waals surface area contributed by atoms with Gasteiger partial charge in [0.2, 0.25) is 5.91 Å². The van der Waals surface area contributed by atoms with Gasteiger partial charge in [-0.05, 0) is 37.8 Å². The summed E-state index contributed by atoms with van der Waals surface area (Å²) in [6.45, 7) is 3.85. The average Bonchev–Trinajstić information content (AvgIpc) is 2.45. The first kappa shape index (κ1) is 14.7. The molecule has 1 saturated heterocycles. The van der Waals surface area contributed by atoms with Crippen LogP contribution in [0.15, 0.2) is 12.3 Å². The van der Waals surface area contributed by atoms with Gasteiger partial charge in [0, 0.05) is 19.3 Å². The van der Waals surface area contributed by atoms with Gasteiger partial charge < -0.3 is 16.0 Å². The maximum absolute atomic E-state index is 12.1. The topological polar surface area (TPSA) is 71.2 Å². The summed E-state index contributed by atoms with van der Waals surface area (Å²) < 4.78 is 0. The summed E-state index contributed by atoms with van der Waals surface area (Å²) in [6, 6.07) is 1.85. The third-order valence-electron chi connectivity index (χ3n) is 3.52. The number of rotatable bonds is 4. The highest BCUT2D eigenvalue weighted by atomic mass is 32.1. The first-order valence-corrected chi connectivity index (χ1v) is 7.27. The van der Waals surface area contributed by atoms with Gasteiger partial charge in [0.25, 0.3) is 0 Å². The van der Waals surface area contributed by atoms with Crippen molar-refractivity contribution in [1.29, 1.82) is 0 Å². The van der Waals surface area contributed by atoms with Crippen LogP contribution in [-0.2, 0) is 4.79 Å². The number of hydrogen-bond acceptors (Lipinski definition) is 4. The predicted octanol–water partition coefficient (Wildman–Crippen LogP) is 1.45. The third kappa shape index (κ3) is 3.45. The molecular formula is C14H20N4OS. The van der Waals surface area contributed by atoms with Crippen molar-refractivity contribution in [2.24, 2.45) is 5.73 Å². The molecule has 1 aliphatic heterocycles. The van der Waals surface area contributed by atoms with E-state index in [1.54, 1.807) is 6.20 Å². The molecule has 2 heterocycles. The number of nitrogens with zero attached hydrogens (tertiary/aromatic N) is 2. The van der Waals surface area contributed by atoms with Gasteiger partial charge in [-0.25, -0.2) is 4.98 Å². The Labute approximate surface area is 124 Å². The molecule has 3 N–H and O–H groups in total. The molecule has 0 unspecified atom stereocenters. The van der Waals surface area contributed by atoms with E-state index in [-0.39, 0.29) is 12.5 Å². The molecule has 0 bridgehead atoms. The molecule has 2 rings (SSSR count). The number of carbonyl (C=O) groups excluding carboxylic acids is 1. The zero-order chi connectivity index (χ0) is 14.5. The summed E-state index contributed by atoms with van der Waals surface area (Å²) >= 11 is 5.04. The Bertz CT molecular complexity index is 512. The lowest BCUT2D eigenvalue weighted by atomic mass is 10.1. The highest BCUT2D eigenvalue weighted by Crippen LogP contribution is 2.16. The number of anilines is 1. The van der Waals surface area contributed by atoms with Crippen LogP contribution in [0.2, 0.25) is 0 Å². The Kier molecular flexibility index (Phi) is 4.89. The number of aromatic nitrogens is 1. The second kappa shape index (κ2) is 6.65. The molecular weight excluding hydrogens is 272 g/mol. The second-order valence-electron chi connectivity index (χ2n) is 5.01. The molecule has 1 aromatic heterocycles. The van der Waals surface area contributed by atoms with Crippen molar-refractivity contribution in [3.05, 3.63) is 23.4 Å². The zero-order valence-corrected chi connectivity index (χ0v) is 12.5. The lowest BCUT2D eigenvalue weighted by Gasteiger charge is -2.27. The highest BCUT2D eigenvalue weighted by molar-refractivity contribution is 7.80. The van der Waals surface area contributed by atoms with Gasteiger partial charge in [0.05, 0.1) is 12.1 Å². The van der Waals surface area contributed by atoms with Crippen LogP contribution in [0.5, 0.6) is 0 Å². The SMILES string of the molecule is Cc1ccnc(NCC(=O)N2CCCCC2)c1C(N)=S. The second-order valence-corrected chi connectivity index (χ2v) is 5.45. The molecule has 6 heteroatoms. The number of pyridine rings is 1. The van der Waals surface area contributed by atoms with Gasteiger partial charge in [-0.1, -0.05) is 12.2 Å². The monoisotopic (exact) mass is 292 g/mol.